The maximum absolute atomic E-state index is 10.7. The molecule has 0 saturated carbocycles. The number of hydrogen-bond acceptors (Lipinski definition) is 4. The Morgan fingerprint density at radius 3 is 2.62 bits per heavy atom. The highest BCUT2D eigenvalue weighted by Crippen LogP contribution is 1.84. The number of hydrogen-bond donors (Lipinski definition) is 2. The molecule has 7 heteroatoms. The zero-order chi connectivity index (χ0) is 10.3. The van der Waals surface area contributed by atoms with Crippen LogP contribution in [-0.4, -0.2) is 33.4 Å². The van der Waals surface area contributed by atoms with E-state index in [4.69, 9.17) is 5.14 Å². The monoisotopic (exact) mass is 210 g/mol. The molecule has 0 heterocycles. The van der Waals surface area contributed by atoms with Gasteiger partial charge in [0.25, 0.3) is 0 Å². The summed E-state index contributed by atoms with van der Waals surface area (Å²) in [5.74, 6) is -0.139. The molecule has 0 aromatic heterocycles. The Balaban J connectivity index is 3.41. The van der Waals surface area contributed by atoms with Crippen LogP contribution >= 0.6 is 0 Å². The van der Waals surface area contributed by atoms with Crippen LogP contribution < -0.4 is 10.5 Å². The summed E-state index contributed by atoms with van der Waals surface area (Å²) in [6, 6.07) is 0. The number of sulfonamides is 1. The van der Waals surface area contributed by atoms with Crippen LogP contribution in [0.1, 0.15) is 13.3 Å². The zero-order valence-corrected chi connectivity index (χ0v) is 8.26. The van der Waals surface area contributed by atoms with Gasteiger partial charge >= 0.3 is 6.09 Å². The molecule has 0 saturated heterocycles. The third kappa shape index (κ3) is 9.09. The molecule has 0 fully saturated rings. The van der Waals surface area contributed by atoms with Gasteiger partial charge in [-0.25, -0.2) is 18.4 Å². The number of rotatable bonds is 5. The standard InChI is InChI=1S/C6H14N2O4S/c1-2-12-6(9)8-4-3-5-13(7,10)11/h2-5H2,1H3,(H,8,9)(H2,7,10,11). The van der Waals surface area contributed by atoms with Crippen LogP contribution in [0.5, 0.6) is 0 Å². The van der Waals surface area contributed by atoms with Crippen molar-refractivity contribution in [1.29, 1.82) is 0 Å². The lowest BCUT2D eigenvalue weighted by Gasteiger charge is -2.03. The van der Waals surface area contributed by atoms with Crippen molar-refractivity contribution in [2.24, 2.45) is 5.14 Å². The minimum atomic E-state index is -3.43. The number of primary sulfonamides is 1. The largest absolute Gasteiger partial charge is 0.450 e. The lowest BCUT2D eigenvalue weighted by atomic mass is 10.5. The van der Waals surface area contributed by atoms with Gasteiger partial charge < -0.3 is 10.1 Å². The Bertz CT molecular complexity index is 249. The molecular formula is C6H14N2O4S. The van der Waals surface area contributed by atoms with Crippen molar-refractivity contribution in [1.82, 2.24) is 5.32 Å². The predicted octanol–water partition coefficient (Wildman–Crippen LogP) is -0.589. The molecule has 0 rings (SSSR count). The van der Waals surface area contributed by atoms with Gasteiger partial charge in [0.1, 0.15) is 0 Å². The van der Waals surface area contributed by atoms with Crippen molar-refractivity contribution in [3.8, 4) is 0 Å². The zero-order valence-electron chi connectivity index (χ0n) is 7.45. The number of carbonyl (C=O) groups is 1. The van der Waals surface area contributed by atoms with Crippen LogP contribution in [0.2, 0.25) is 0 Å². The van der Waals surface area contributed by atoms with Gasteiger partial charge in [0.05, 0.1) is 12.4 Å². The van der Waals surface area contributed by atoms with Gasteiger partial charge in [0.2, 0.25) is 10.0 Å². The molecule has 0 atom stereocenters. The fourth-order valence-electron chi connectivity index (χ4n) is 0.646. The van der Waals surface area contributed by atoms with Gasteiger partial charge in [0.15, 0.2) is 0 Å². The Morgan fingerprint density at radius 2 is 2.15 bits per heavy atom. The summed E-state index contributed by atoms with van der Waals surface area (Å²) < 4.78 is 25.4. The normalized spacial score (nSPS) is 10.9. The molecule has 78 valence electrons. The van der Waals surface area contributed by atoms with Crippen molar-refractivity contribution in [3.05, 3.63) is 0 Å². The maximum atomic E-state index is 10.7. The van der Waals surface area contributed by atoms with E-state index in [0.717, 1.165) is 0 Å². The van der Waals surface area contributed by atoms with Crippen LogP contribution in [0.3, 0.4) is 0 Å². The fourth-order valence-corrected chi connectivity index (χ4v) is 1.19. The third-order valence-corrected chi connectivity index (χ3v) is 2.01. The van der Waals surface area contributed by atoms with E-state index < -0.39 is 16.1 Å². The van der Waals surface area contributed by atoms with E-state index in [0.29, 0.717) is 6.61 Å². The molecule has 0 spiro atoms. The third-order valence-electron chi connectivity index (χ3n) is 1.15. The highest BCUT2D eigenvalue weighted by atomic mass is 32.2. The molecule has 13 heavy (non-hydrogen) atoms. The first-order valence-electron chi connectivity index (χ1n) is 3.87. The van der Waals surface area contributed by atoms with Crippen molar-refractivity contribution in [3.63, 3.8) is 0 Å². The molecule has 6 nitrogen and oxygen atoms in total. The first kappa shape index (κ1) is 12.2. The van der Waals surface area contributed by atoms with Crippen molar-refractivity contribution < 1.29 is 17.9 Å². The number of carbonyl (C=O) groups excluding carboxylic acids is 1. The Kier molecular flexibility index (Phi) is 5.40. The fraction of sp³-hybridized carbons (Fsp3) is 0.833. The molecule has 0 aliphatic heterocycles. The molecule has 0 aliphatic carbocycles. The van der Waals surface area contributed by atoms with E-state index in [1.165, 1.54) is 0 Å². The van der Waals surface area contributed by atoms with E-state index in [1.54, 1.807) is 6.92 Å². The number of nitrogens with one attached hydrogen (secondary N) is 1. The topological polar surface area (TPSA) is 98.5 Å². The average molecular weight is 210 g/mol. The molecule has 0 aromatic carbocycles. The van der Waals surface area contributed by atoms with Gasteiger partial charge in [0, 0.05) is 6.54 Å². The van der Waals surface area contributed by atoms with Crippen molar-refractivity contribution in [2.45, 2.75) is 13.3 Å². The van der Waals surface area contributed by atoms with Crippen molar-refractivity contribution >= 4 is 16.1 Å². The van der Waals surface area contributed by atoms with Crippen LogP contribution in [0.15, 0.2) is 0 Å². The smallest absolute Gasteiger partial charge is 0.407 e. The number of amides is 1. The maximum Gasteiger partial charge on any atom is 0.407 e. The molecule has 0 unspecified atom stereocenters. The average Bonchev–Trinajstić information content (AvgIpc) is 1.97. The molecule has 1 amide bonds. The highest BCUT2D eigenvalue weighted by molar-refractivity contribution is 7.89. The molecule has 0 bridgehead atoms. The Morgan fingerprint density at radius 1 is 1.54 bits per heavy atom. The molecular weight excluding hydrogens is 196 g/mol. The summed E-state index contributed by atoms with van der Waals surface area (Å²) in [6.45, 7) is 2.22. The van der Waals surface area contributed by atoms with E-state index in [1.807, 2.05) is 0 Å². The number of alkyl carbamates (subject to hydrolysis) is 1. The molecule has 0 aromatic rings. The van der Waals surface area contributed by atoms with E-state index in [9.17, 15) is 13.2 Å². The van der Waals surface area contributed by atoms with Crippen LogP contribution in [0.25, 0.3) is 0 Å². The second kappa shape index (κ2) is 5.76. The molecule has 0 radical (unpaired) electrons. The molecule has 0 aliphatic rings. The summed E-state index contributed by atoms with van der Waals surface area (Å²) in [6.07, 6.45) is -0.255. The minimum absolute atomic E-state index is 0.139. The first-order chi connectivity index (χ1) is 5.95. The summed E-state index contributed by atoms with van der Waals surface area (Å²) in [5, 5.41) is 7.11. The quantitative estimate of drug-likeness (QED) is 0.592. The summed E-state index contributed by atoms with van der Waals surface area (Å²) in [4.78, 5) is 10.7. The van der Waals surface area contributed by atoms with Crippen LogP contribution in [-0.2, 0) is 14.8 Å². The van der Waals surface area contributed by atoms with Crippen molar-refractivity contribution in [2.75, 3.05) is 18.9 Å². The van der Waals surface area contributed by atoms with Crippen LogP contribution in [0.4, 0.5) is 4.79 Å². The summed E-state index contributed by atoms with van der Waals surface area (Å²) >= 11 is 0. The summed E-state index contributed by atoms with van der Waals surface area (Å²) in [5.41, 5.74) is 0. The second-order valence-corrected chi connectivity index (χ2v) is 4.10. The molecule has 3 N–H and O–H groups in total. The van der Waals surface area contributed by atoms with Gasteiger partial charge in [-0.3, -0.25) is 0 Å². The summed E-state index contributed by atoms with van der Waals surface area (Å²) in [7, 11) is -3.43. The Labute approximate surface area is 77.5 Å². The lowest BCUT2D eigenvalue weighted by Crippen LogP contribution is -2.27. The van der Waals surface area contributed by atoms with E-state index in [-0.39, 0.29) is 18.7 Å². The van der Waals surface area contributed by atoms with Gasteiger partial charge in [-0.1, -0.05) is 0 Å². The number of ether oxygens (including phenoxy) is 1. The minimum Gasteiger partial charge on any atom is -0.450 e. The highest BCUT2D eigenvalue weighted by Gasteiger charge is 2.03. The lowest BCUT2D eigenvalue weighted by molar-refractivity contribution is 0.152. The van der Waals surface area contributed by atoms with Crippen LogP contribution in [0, 0.1) is 0 Å². The van der Waals surface area contributed by atoms with E-state index >= 15 is 0 Å². The van der Waals surface area contributed by atoms with Gasteiger partial charge in [-0.15, -0.1) is 0 Å². The predicted molar refractivity (Wildman–Crippen MR) is 47.6 cm³/mol. The van der Waals surface area contributed by atoms with E-state index in [2.05, 4.69) is 10.1 Å². The Hall–Kier alpha value is -0.820. The second-order valence-electron chi connectivity index (χ2n) is 2.37. The van der Waals surface area contributed by atoms with Gasteiger partial charge in [-0.05, 0) is 13.3 Å². The first-order valence-corrected chi connectivity index (χ1v) is 5.58. The SMILES string of the molecule is CCOC(=O)NCCCS(N)(=O)=O. The number of nitrogens with two attached hydrogens (primary N) is 1. The van der Waals surface area contributed by atoms with Gasteiger partial charge in [-0.2, -0.15) is 0 Å².